The van der Waals surface area contributed by atoms with Crippen LogP contribution < -0.4 is 20.5 Å². The highest BCUT2D eigenvalue weighted by molar-refractivity contribution is 5.99. The van der Waals surface area contributed by atoms with Crippen LogP contribution in [0.3, 0.4) is 0 Å². The van der Waals surface area contributed by atoms with Crippen LogP contribution in [-0.4, -0.2) is 43.0 Å². The first-order valence-electron chi connectivity index (χ1n) is 8.41. The number of rotatable bonds is 5. The van der Waals surface area contributed by atoms with Crippen molar-refractivity contribution in [3.63, 3.8) is 0 Å². The first-order chi connectivity index (χ1) is 12.6. The Labute approximate surface area is 151 Å². The number of nitrogen functional groups attached to an aromatic ring is 1. The van der Waals surface area contributed by atoms with Crippen molar-refractivity contribution in [3.05, 3.63) is 48.0 Å². The van der Waals surface area contributed by atoms with Crippen molar-refractivity contribution in [2.75, 3.05) is 37.4 Å². The number of nitrogens with zero attached hydrogens (tertiary/aromatic N) is 1. The summed E-state index contributed by atoms with van der Waals surface area (Å²) in [6.07, 6.45) is 0. The van der Waals surface area contributed by atoms with E-state index in [1.165, 1.54) is 4.90 Å². The Balaban J connectivity index is 1.65. The molecule has 0 saturated heterocycles. The molecule has 1 aliphatic heterocycles. The van der Waals surface area contributed by atoms with Crippen LogP contribution in [0.1, 0.15) is 17.3 Å². The summed E-state index contributed by atoms with van der Waals surface area (Å²) in [6, 6.07) is 11.9. The molecule has 1 aliphatic rings. The minimum absolute atomic E-state index is 0.0570. The van der Waals surface area contributed by atoms with Crippen LogP contribution in [0.5, 0.6) is 11.5 Å². The Morgan fingerprint density at radius 2 is 1.88 bits per heavy atom. The molecule has 7 nitrogen and oxygen atoms in total. The smallest absolute Gasteiger partial charge is 0.254 e. The molecule has 0 aliphatic carbocycles. The van der Waals surface area contributed by atoms with E-state index in [1.54, 1.807) is 42.5 Å². The Morgan fingerprint density at radius 1 is 1.12 bits per heavy atom. The molecule has 0 atom stereocenters. The van der Waals surface area contributed by atoms with E-state index in [0.717, 1.165) is 0 Å². The van der Waals surface area contributed by atoms with Gasteiger partial charge in [0.05, 0.1) is 0 Å². The number of amides is 2. The van der Waals surface area contributed by atoms with Gasteiger partial charge >= 0.3 is 0 Å². The quantitative estimate of drug-likeness (QED) is 0.802. The highest BCUT2D eigenvalue weighted by atomic mass is 16.6. The third-order valence-electron chi connectivity index (χ3n) is 3.96. The minimum atomic E-state index is -0.291. The van der Waals surface area contributed by atoms with Crippen molar-refractivity contribution in [2.45, 2.75) is 6.92 Å². The van der Waals surface area contributed by atoms with Crippen LogP contribution in [0.2, 0.25) is 0 Å². The van der Waals surface area contributed by atoms with E-state index in [1.807, 2.05) is 6.92 Å². The molecule has 3 N–H and O–H groups in total. The fourth-order valence-electron chi connectivity index (χ4n) is 2.68. The fraction of sp³-hybridized carbons (Fsp3) is 0.263. The molecule has 0 unspecified atom stereocenters. The maximum Gasteiger partial charge on any atom is 0.254 e. The predicted octanol–water partition coefficient (Wildman–Crippen LogP) is 2.14. The second-order valence-electron chi connectivity index (χ2n) is 5.85. The number of nitrogens with two attached hydrogens (primary N) is 1. The molecule has 2 aromatic carbocycles. The molecule has 136 valence electrons. The van der Waals surface area contributed by atoms with Gasteiger partial charge in [0.2, 0.25) is 5.91 Å². The average molecular weight is 355 g/mol. The minimum Gasteiger partial charge on any atom is -0.486 e. The van der Waals surface area contributed by atoms with Crippen molar-refractivity contribution >= 4 is 23.2 Å². The molecule has 1 heterocycles. The van der Waals surface area contributed by atoms with Crippen LogP contribution in [-0.2, 0) is 4.79 Å². The van der Waals surface area contributed by atoms with Gasteiger partial charge < -0.3 is 25.4 Å². The van der Waals surface area contributed by atoms with Gasteiger partial charge in [-0.25, -0.2) is 0 Å². The van der Waals surface area contributed by atoms with Crippen LogP contribution in [0, 0.1) is 0 Å². The van der Waals surface area contributed by atoms with Gasteiger partial charge in [0.15, 0.2) is 11.5 Å². The summed E-state index contributed by atoms with van der Waals surface area (Å²) < 4.78 is 11.0. The van der Waals surface area contributed by atoms with Crippen molar-refractivity contribution in [3.8, 4) is 11.5 Å². The van der Waals surface area contributed by atoms with E-state index in [0.29, 0.717) is 48.2 Å². The molecule has 0 radical (unpaired) electrons. The zero-order chi connectivity index (χ0) is 18.5. The molecule has 26 heavy (non-hydrogen) atoms. The third-order valence-corrected chi connectivity index (χ3v) is 3.96. The summed E-state index contributed by atoms with van der Waals surface area (Å²) in [4.78, 5) is 26.4. The summed E-state index contributed by atoms with van der Waals surface area (Å²) in [6.45, 7) is 3.15. The van der Waals surface area contributed by atoms with Gasteiger partial charge in [0.25, 0.3) is 5.91 Å². The Bertz CT molecular complexity index is 822. The van der Waals surface area contributed by atoms with Crippen LogP contribution >= 0.6 is 0 Å². The Kier molecular flexibility index (Phi) is 5.26. The lowest BCUT2D eigenvalue weighted by molar-refractivity contribution is -0.116. The number of anilines is 2. The molecule has 2 amide bonds. The van der Waals surface area contributed by atoms with E-state index >= 15 is 0 Å². The number of carbonyl (C=O) groups is 2. The van der Waals surface area contributed by atoms with Crippen molar-refractivity contribution < 1.29 is 19.1 Å². The summed E-state index contributed by atoms with van der Waals surface area (Å²) >= 11 is 0. The van der Waals surface area contributed by atoms with Gasteiger partial charge in [-0.15, -0.1) is 0 Å². The second kappa shape index (κ2) is 7.77. The summed E-state index contributed by atoms with van der Waals surface area (Å²) in [5, 5.41) is 2.78. The first-order valence-corrected chi connectivity index (χ1v) is 8.41. The predicted molar refractivity (Wildman–Crippen MR) is 98.5 cm³/mol. The lowest BCUT2D eigenvalue weighted by atomic mass is 10.1. The second-order valence-corrected chi connectivity index (χ2v) is 5.85. The number of fused-ring (bicyclic) bond motifs is 1. The van der Waals surface area contributed by atoms with Crippen LogP contribution in [0.25, 0.3) is 0 Å². The van der Waals surface area contributed by atoms with Gasteiger partial charge in [0.1, 0.15) is 19.8 Å². The zero-order valence-electron chi connectivity index (χ0n) is 14.5. The van der Waals surface area contributed by atoms with E-state index in [9.17, 15) is 9.59 Å². The number of ether oxygens (including phenoxy) is 2. The van der Waals surface area contributed by atoms with Gasteiger partial charge in [-0.3, -0.25) is 9.59 Å². The van der Waals surface area contributed by atoms with E-state index in [2.05, 4.69) is 5.32 Å². The maximum atomic E-state index is 12.6. The largest absolute Gasteiger partial charge is 0.486 e. The SMILES string of the molecule is CCN(CC(=O)Nc1ccc2c(c1)OCCO2)C(=O)c1cccc(N)c1. The number of hydrogen-bond acceptors (Lipinski definition) is 5. The van der Waals surface area contributed by atoms with E-state index in [4.69, 9.17) is 15.2 Å². The van der Waals surface area contributed by atoms with Gasteiger partial charge in [-0.2, -0.15) is 0 Å². The van der Waals surface area contributed by atoms with E-state index < -0.39 is 0 Å². The summed E-state index contributed by atoms with van der Waals surface area (Å²) in [7, 11) is 0. The molecule has 0 fully saturated rings. The summed E-state index contributed by atoms with van der Waals surface area (Å²) in [5.74, 6) is 0.719. The van der Waals surface area contributed by atoms with Crippen molar-refractivity contribution in [1.29, 1.82) is 0 Å². The third kappa shape index (κ3) is 4.05. The molecule has 0 bridgehead atoms. The highest BCUT2D eigenvalue weighted by Crippen LogP contribution is 2.32. The Hall–Kier alpha value is -3.22. The topological polar surface area (TPSA) is 93.9 Å². The van der Waals surface area contributed by atoms with Gasteiger partial charge in [-0.1, -0.05) is 6.07 Å². The van der Waals surface area contributed by atoms with Crippen molar-refractivity contribution in [1.82, 2.24) is 4.90 Å². The van der Waals surface area contributed by atoms with Crippen LogP contribution in [0.4, 0.5) is 11.4 Å². The number of benzene rings is 2. The molecule has 7 heteroatoms. The molecule has 3 rings (SSSR count). The lowest BCUT2D eigenvalue weighted by Crippen LogP contribution is -2.37. The molecule has 2 aromatic rings. The van der Waals surface area contributed by atoms with Gasteiger partial charge in [-0.05, 0) is 37.3 Å². The molecule has 0 saturated carbocycles. The standard InChI is InChI=1S/C19H21N3O4/c1-2-22(19(24)13-4-3-5-14(20)10-13)12-18(23)21-15-6-7-16-17(11-15)26-9-8-25-16/h3-7,10-11H,2,8-9,12,20H2,1H3,(H,21,23). The monoisotopic (exact) mass is 355 g/mol. The maximum absolute atomic E-state index is 12.6. The zero-order valence-corrected chi connectivity index (χ0v) is 14.5. The molecule has 0 spiro atoms. The van der Waals surface area contributed by atoms with Crippen LogP contribution in [0.15, 0.2) is 42.5 Å². The molecular weight excluding hydrogens is 334 g/mol. The number of likely N-dealkylation sites (N-methyl/N-ethyl adjacent to an activating group) is 1. The number of carbonyl (C=O) groups excluding carboxylic acids is 2. The van der Waals surface area contributed by atoms with E-state index in [-0.39, 0.29) is 18.4 Å². The normalized spacial score (nSPS) is 12.3. The van der Waals surface area contributed by atoms with Crippen molar-refractivity contribution in [2.24, 2.45) is 0 Å². The summed E-state index contributed by atoms with van der Waals surface area (Å²) in [5.41, 5.74) is 7.28. The van der Waals surface area contributed by atoms with Gasteiger partial charge in [0, 0.05) is 29.5 Å². The first kappa shape index (κ1) is 17.6. The Morgan fingerprint density at radius 3 is 2.62 bits per heavy atom. The number of nitrogens with one attached hydrogen (secondary N) is 1. The highest BCUT2D eigenvalue weighted by Gasteiger charge is 2.18. The molecular formula is C19H21N3O4. The number of hydrogen-bond donors (Lipinski definition) is 2. The lowest BCUT2D eigenvalue weighted by Gasteiger charge is -2.21. The average Bonchev–Trinajstić information content (AvgIpc) is 2.65. The molecule has 0 aromatic heterocycles. The fourth-order valence-corrected chi connectivity index (χ4v) is 2.68.